The van der Waals surface area contributed by atoms with Gasteiger partial charge in [-0.25, -0.2) is 9.18 Å². The van der Waals surface area contributed by atoms with E-state index in [0.717, 1.165) is 6.07 Å². The Hall–Kier alpha value is -2.28. The van der Waals surface area contributed by atoms with E-state index in [-0.39, 0.29) is 28.1 Å². The number of nitro benzene ring substituents is 1. The van der Waals surface area contributed by atoms with E-state index in [0.29, 0.717) is 5.56 Å². The maximum Gasteiger partial charge on any atom is 0.338 e. The molecule has 108 valence electrons. The number of nitro groups is 1. The van der Waals surface area contributed by atoms with E-state index in [1.165, 1.54) is 36.4 Å². The van der Waals surface area contributed by atoms with Crippen LogP contribution in [0.15, 0.2) is 46.9 Å². The molecule has 0 N–H and O–H groups in total. The van der Waals surface area contributed by atoms with Gasteiger partial charge in [0.25, 0.3) is 5.69 Å². The summed E-state index contributed by atoms with van der Waals surface area (Å²) >= 11 is 3.03. The Morgan fingerprint density at radius 3 is 2.52 bits per heavy atom. The molecule has 0 saturated heterocycles. The van der Waals surface area contributed by atoms with E-state index < -0.39 is 10.9 Å². The Bertz CT molecular complexity index is 688. The van der Waals surface area contributed by atoms with Crippen LogP contribution in [0, 0.1) is 15.9 Å². The monoisotopic (exact) mass is 353 g/mol. The molecule has 2 rings (SSSR count). The third kappa shape index (κ3) is 3.85. The molecule has 0 spiro atoms. The van der Waals surface area contributed by atoms with Crippen molar-refractivity contribution in [3.63, 3.8) is 0 Å². The van der Waals surface area contributed by atoms with Crippen molar-refractivity contribution in [3.8, 4) is 0 Å². The lowest BCUT2D eigenvalue weighted by Gasteiger charge is -2.05. The molecule has 0 radical (unpaired) electrons. The quantitative estimate of drug-likeness (QED) is 0.475. The molecule has 0 saturated carbocycles. The molecule has 0 aliphatic carbocycles. The van der Waals surface area contributed by atoms with Crippen LogP contribution in [0.25, 0.3) is 0 Å². The maximum absolute atomic E-state index is 12.7. The van der Waals surface area contributed by atoms with Crippen molar-refractivity contribution >= 4 is 27.6 Å². The van der Waals surface area contributed by atoms with Crippen molar-refractivity contribution in [2.75, 3.05) is 0 Å². The summed E-state index contributed by atoms with van der Waals surface area (Å²) in [5.41, 5.74) is 0.481. The molecule has 0 aliphatic heterocycles. The van der Waals surface area contributed by atoms with Crippen LogP contribution in [0.4, 0.5) is 10.1 Å². The van der Waals surface area contributed by atoms with Crippen LogP contribution in [0.1, 0.15) is 15.9 Å². The second-order valence-corrected chi connectivity index (χ2v) is 4.98. The van der Waals surface area contributed by atoms with E-state index in [1.807, 2.05) is 0 Å². The van der Waals surface area contributed by atoms with Crippen LogP contribution in [0.3, 0.4) is 0 Å². The van der Waals surface area contributed by atoms with Crippen molar-refractivity contribution in [2.45, 2.75) is 6.61 Å². The third-order valence-electron chi connectivity index (χ3n) is 2.66. The second kappa shape index (κ2) is 6.45. The number of hydrogen-bond acceptors (Lipinski definition) is 4. The van der Waals surface area contributed by atoms with Gasteiger partial charge in [0.15, 0.2) is 0 Å². The molecule has 2 aromatic carbocycles. The van der Waals surface area contributed by atoms with Gasteiger partial charge in [0.1, 0.15) is 12.4 Å². The molecule has 0 bridgehead atoms. The minimum Gasteiger partial charge on any atom is -0.457 e. The molecule has 0 unspecified atom stereocenters. The molecule has 0 fully saturated rings. The fraction of sp³-hybridized carbons (Fsp3) is 0.0714. The molecule has 0 aromatic heterocycles. The lowest BCUT2D eigenvalue weighted by Crippen LogP contribution is -2.06. The Balaban J connectivity index is 2.08. The number of halogens is 2. The molecular weight excluding hydrogens is 345 g/mol. The molecule has 0 heterocycles. The topological polar surface area (TPSA) is 69.4 Å². The van der Waals surface area contributed by atoms with Crippen molar-refractivity contribution < 1.29 is 18.8 Å². The highest BCUT2D eigenvalue weighted by atomic mass is 79.9. The molecule has 21 heavy (non-hydrogen) atoms. The highest BCUT2D eigenvalue weighted by Gasteiger charge is 2.16. The predicted molar refractivity (Wildman–Crippen MR) is 76.3 cm³/mol. The van der Waals surface area contributed by atoms with Crippen LogP contribution in [-0.2, 0) is 11.3 Å². The first-order chi connectivity index (χ1) is 9.97. The van der Waals surface area contributed by atoms with E-state index in [2.05, 4.69) is 15.9 Å². The summed E-state index contributed by atoms with van der Waals surface area (Å²) in [5.74, 6) is -1.07. The molecule has 0 amide bonds. The smallest absolute Gasteiger partial charge is 0.338 e. The minimum absolute atomic E-state index is 0.0387. The van der Waals surface area contributed by atoms with E-state index in [1.54, 1.807) is 0 Å². The summed E-state index contributed by atoms with van der Waals surface area (Å²) < 4.78 is 18.0. The van der Waals surface area contributed by atoms with Gasteiger partial charge in [-0.1, -0.05) is 12.1 Å². The first-order valence-corrected chi connectivity index (χ1v) is 6.62. The molecular formula is C14H9BrFNO4. The Labute approximate surface area is 127 Å². The zero-order valence-electron chi connectivity index (χ0n) is 10.6. The number of carbonyl (C=O) groups is 1. The maximum atomic E-state index is 12.7. The van der Waals surface area contributed by atoms with Crippen LogP contribution < -0.4 is 0 Å². The summed E-state index contributed by atoms with van der Waals surface area (Å²) in [7, 11) is 0. The summed E-state index contributed by atoms with van der Waals surface area (Å²) in [4.78, 5) is 22.0. The standard InChI is InChI=1S/C14H9BrFNO4/c15-12-6-3-10(7-13(12)17(19)20)14(18)21-8-9-1-4-11(16)5-2-9/h1-7H,8H2. The zero-order chi connectivity index (χ0) is 15.4. The SMILES string of the molecule is O=C(OCc1ccc(F)cc1)c1ccc(Br)c([N+](=O)[O-])c1. The first kappa shape index (κ1) is 15.1. The lowest BCUT2D eigenvalue weighted by atomic mass is 10.2. The first-order valence-electron chi connectivity index (χ1n) is 5.83. The van der Waals surface area contributed by atoms with Crippen molar-refractivity contribution in [1.82, 2.24) is 0 Å². The number of benzene rings is 2. The van der Waals surface area contributed by atoms with Gasteiger partial charge in [-0.2, -0.15) is 0 Å². The van der Waals surface area contributed by atoms with Gasteiger partial charge in [-0.15, -0.1) is 0 Å². The van der Waals surface area contributed by atoms with E-state index >= 15 is 0 Å². The van der Waals surface area contributed by atoms with Gasteiger partial charge in [0, 0.05) is 6.07 Å². The summed E-state index contributed by atoms with van der Waals surface area (Å²) in [6.45, 7) is -0.0387. The van der Waals surface area contributed by atoms with Crippen molar-refractivity contribution in [1.29, 1.82) is 0 Å². The Morgan fingerprint density at radius 2 is 1.90 bits per heavy atom. The van der Waals surface area contributed by atoms with Gasteiger partial charge >= 0.3 is 5.97 Å². The normalized spacial score (nSPS) is 10.2. The number of nitrogens with zero attached hydrogens (tertiary/aromatic N) is 1. The predicted octanol–water partition coefficient (Wildman–Crippen LogP) is 3.85. The lowest BCUT2D eigenvalue weighted by molar-refractivity contribution is -0.385. The summed E-state index contributed by atoms with van der Waals surface area (Å²) in [6.07, 6.45) is 0. The van der Waals surface area contributed by atoms with Crippen LogP contribution in [0.5, 0.6) is 0 Å². The van der Waals surface area contributed by atoms with Gasteiger partial charge < -0.3 is 4.74 Å². The average molecular weight is 354 g/mol. The number of esters is 1. The molecule has 7 heteroatoms. The number of hydrogen-bond donors (Lipinski definition) is 0. The second-order valence-electron chi connectivity index (χ2n) is 4.13. The summed E-state index contributed by atoms with van der Waals surface area (Å²) in [6, 6.07) is 9.47. The van der Waals surface area contributed by atoms with Gasteiger partial charge in [0.2, 0.25) is 0 Å². The highest BCUT2D eigenvalue weighted by molar-refractivity contribution is 9.10. The fourth-order valence-corrected chi connectivity index (χ4v) is 1.98. The van der Waals surface area contributed by atoms with E-state index in [9.17, 15) is 19.3 Å². The minimum atomic E-state index is -0.685. The van der Waals surface area contributed by atoms with Gasteiger partial charge in [-0.3, -0.25) is 10.1 Å². The van der Waals surface area contributed by atoms with Crippen molar-refractivity contribution in [3.05, 3.63) is 74.0 Å². The summed E-state index contributed by atoms with van der Waals surface area (Å²) in [5, 5.41) is 10.8. The Morgan fingerprint density at radius 1 is 1.24 bits per heavy atom. The van der Waals surface area contributed by atoms with Gasteiger partial charge in [-0.05, 0) is 45.8 Å². The van der Waals surface area contributed by atoms with E-state index in [4.69, 9.17) is 4.74 Å². The number of carbonyl (C=O) groups excluding carboxylic acids is 1. The van der Waals surface area contributed by atoms with Crippen LogP contribution in [0.2, 0.25) is 0 Å². The fourth-order valence-electron chi connectivity index (χ4n) is 1.59. The molecule has 0 aliphatic rings. The van der Waals surface area contributed by atoms with Crippen LogP contribution >= 0.6 is 15.9 Å². The average Bonchev–Trinajstić information content (AvgIpc) is 2.46. The molecule has 2 aromatic rings. The number of ether oxygens (including phenoxy) is 1. The van der Waals surface area contributed by atoms with Gasteiger partial charge in [0.05, 0.1) is 15.0 Å². The largest absolute Gasteiger partial charge is 0.457 e. The molecule has 0 atom stereocenters. The zero-order valence-corrected chi connectivity index (χ0v) is 12.2. The molecule has 5 nitrogen and oxygen atoms in total. The number of rotatable bonds is 4. The third-order valence-corrected chi connectivity index (χ3v) is 3.33. The highest BCUT2D eigenvalue weighted by Crippen LogP contribution is 2.26. The van der Waals surface area contributed by atoms with Crippen molar-refractivity contribution in [2.24, 2.45) is 0 Å². The Kier molecular flexibility index (Phi) is 4.64. The van der Waals surface area contributed by atoms with Crippen LogP contribution in [-0.4, -0.2) is 10.9 Å².